The molecule has 1 amide bonds. The summed E-state index contributed by atoms with van der Waals surface area (Å²) in [6.45, 7) is 7.51. The minimum atomic E-state index is 0.0846. The van der Waals surface area contributed by atoms with Crippen molar-refractivity contribution in [3.63, 3.8) is 0 Å². The van der Waals surface area contributed by atoms with E-state index in [1.165, 1.54) is 33.4 Å². The topological polar surface area (TPSA) is 33.2 Å². The Kier molecular flexibility index (Phi) is 6.53. The van der Waals surface area contributed by atoms with E-state index in [0.29, 0.717) is 5.56 Å². The lowest BCUT2D eigenvalue weighted by molar-refractivity contribution is 0.0743. The summed E-state index contributed by atoms with van der Waals surface area (Å²) in [4.78, 5) is 18.8. The van der Waals surface area contributed by atoms with Gasteiger partial charge in [-0.25, -0.2) is 0 Å². The Morgan fingerprint density at radius 1 is 1.10 bits per heavy atom. The average Bonchev–Trinajstić information content (AvgIpc) is 2.93. The maximum absolute atomic E-state index is 12.8. The van der Waals surface area contributed by atoms with Crippen LogP contribution < -0.4 is 0 Å². The molecule has 3 nitrogen and oxygen atoms in total. The van der Waals surface area contributed by atoms with Crippen LogP contribution in [0.2, 0.25) is 5.02 Å². The van der Waals surface area contributed by atoms with Crippen LogP contribution in [0, 0.1) is 0 Å². The van der Waals surface area contributed by atoms with Gasteiger partial charge in [0, 0.05) is 36.1 Å². The molecule has 1 aromatic carbocycles. The van der Waals surface area contributed by atoms with Crippen LogP contribution in [0.1, 0.15) is 47.7 Å². The number of amides is 1. The van der Waals surface area contributed by atoms with Crippen molar-refractivity contribution in [1.29, 1.82) is 0 Å². The van der Waals surface area contributed by atoms with E-state index in [4.69, 9.17) is 11.6 Å². The van der Waals surface area contributed by atoms with Crippen molar-refractivity contribution in [2.45, 2.75) is 32.6 Å². The molecule has 0 bridgehead atoms. The molecule has 4 heteroatoms. The summed E-state index contributed by atoms with van der Waals surface area (Å²) in [5.74, 6) is 0.0846. The Morgan fingerprint density at radius 3 is 2.55 bits per heavy atom. The fraction of sp³-hybridized carbons (Fsp3) is 0.259. The molecule has 0 atom stereocenters. The summed E-state index contributed by atoms with van der Waals surface area (Å²) < 4.78 is 0. The molecule has 1 fully saturated rings. The smallest absolute Gasteiger partial charge is 0.253 e. The minimum absolute atomic E-state index is 0.0846. The number of carbonyl (C=O) groups is 1. The number of piperidine rings is 1. The Labute approximate surface area is 189 Å². The number of pyridine rings is 1. The third kappa shape index (κ3) is 4.57. The summed E-state index contributed by atoms with van der Waals surface area (Å²) >= 11 is 6.33. The number of aromatic nitrogens is 1. The Hall–Kier alpha value is -2.91. The SMILES string of the molecule is C=C/C=C\C1=C(C)C(=C2CCN(C(=O)c3ccncc3)CC2)c2ccc(Cl)cc2CC1. The summed E-state index contributed by atoms with van der Waals surface area (Å²) in [6, 6.07) is 9.82. The molecule has 4 rings (SSSR count). The molecular formula is C27H27ClN2O. The largest absolute Gasteiger partial charge is 0.338 e. The molecule has 2 aromatic rings. The number of allylic oxidation sites excluding steroid dienone is 6. The minimum Gasteiger partial charge on any atom is -0.338 e. The molecule has 2 heterocycles. The number of likely N-dealkylation sites (tertiary alicyclic amines) is 1. The van der Waals surface area contributed by atoms with Gasteiger partial charge in [-0.1, -0.05) is 48.0 Å². The van der Waals surface area contributed by atoms with Gasteiger partial charge in [-0.15, -0.1) is 0 Å². The second kappa shape index (κ2) is 9.49. The molecule has 1 aromatic heterocycles. The highest BCUT2D eigenvalue weighted by Gasteiger charge is 2.25. The van der Waals surface area contributed by atoms with Crippen LogP contribution >= 0.6 is 11.6 Å². The lowest BCUT2D eigenvalue weighted by Gasteiger charge is -2.31. The first-order valence-electron chi connectivity index (χ1n) is 10.8. The van der Waals surface area contributed by atoms with Crippen molar-refractivity contribution < 1.29 is 4.79 Å². The number of nitrogens with zero attached hydrogens (tertiary/aromatic N) is 2. The maximum atomic E-state index is 12.8. The van der Waals surface area contributed by atoms with Gasteiger partial charge in [0.15, 0.2) is 0 Å². The molecule has 1 saturated heterocycles. The second-order valence-corrected chi connectivity index (χ2v) is 8.49. The summed E-state index contributed by atoms with van der Waals surface area (Å²) in [5, 5.41) is 0.781. The molecule has 0 unspecified atom stereocenters. The van der Waals surface area contributed by atoms with Gasteiger partial charge >= 0.3 is 0 Å². The first kappa shape index (κ1) is 21.3. The number of hydrogen-bond donors (Lipinski definition) is 0. The van der Waals surface area contributed by atoms with E-state index >= 15 is 0 Å². The molecular weight excluding hydrogens is 404 g/mol. The van der Waals surface area contributed by atoms with E-state index in [9.17, 15) is 4.79 Å². The van der Waals surface area contributed by atoms with Crippen molar-refractivity contribution in [3.05, 3.63) is 106 Å². The molecule has 0 radical (unpaired) electrons. The highest BCUT2D eigenvalue weighted by molar-refractivity contribution is 6.30. The van der Waals surface area contributed by atoms with Gasteiger partial charge in [-0.05, 0) is 84.7 Å². The summed E-state index contributed by atoms with van der Waals surface area (Å²) in [7, 11) is 0. The molecule has 1 aliphatic carbocycles. The van der Waals surface area contributed by atoms with Crippen LogP contribution in [0.5, 0.6) is 0 Å². The van der Waals surface area contributed by atoms with E-state index in [1.54, 1.807) is 24.5 Å². The van der Waals surface area contributed by atoms with Crippen molar-refractivity contribution in [3.8, 4) is 0 Å². The van der Waals surface area contributed by atoms with Crippen molar-refractivity contribution in [2.75, 3.05) is 13.1 Å². The van der Waals surface area contributed by atoms with Crippen molar-refractivity contribution >= 4 is 23.1 Å². The van der Waals surface area contributed by atoms with E-state index in [0.717, 1.165) is 43.8 Å². The van der Waals surface area contributed by atoms with Crippen LogP contribution in [0.15, 0.2) is 84.3 Å². The van der Waals surface area contributed by atoms with Gasteiger partial charge in [0.1, 0.15) is 0 Å². The Morgan fingerprint density at radius 2 is 1.84 bits per heavy atom. The van der Waals surface area contributed by atoms with Crippen LogP contribution in [-0.2, 0) is 6.42 Å². The number of benzene rings is 1. The van der Waals surface area contributed by atoms with Gasteiger partial charge in [0.25, 0.3) is 5.91 Å². The fourth-order valence-corrected chi connectivity index (χ4v) is 4.78. The Bertz CT molecular complexity index is 1090. The third-order valence-electron chi connectivity index (χ3n) is 6.23. The third-order valence-corrected chi connectivity index (χ3v) is 6.46. The maximum Gasteiger partial charge on any atom is 0.253 e. The van der Waals surface area contributed by atoms with Crippen molar-refractivity contribution in [2.24, 2.45) is 0 Å². The zero-order valence-electron chi connectivity index (χ0n) is 17.9. The standard InChI is InChI=1S/C27H27ClN2O/c1-3-4-5-20-6-7-23-18-24(28)8-9-25(23)26(19(20)2)21-12-16-30(17-13-21)27(31)22-10-14-29-15-11-22/h3-5,8-11,14-15,18H,1,6-7,12-13,16-17H2,2H3/b5-4-. The predicted octanol–water partition coefficient (Wildman–Crippen LogP) is 6.43. The first-order valence-corrected chi connectivity index (χ1v) is 11.2. The average molecular weight is 431 g/mol. The first-order chi connectivity index (χ1) is 15.1. The van der Waals surface area contributed by atoms with Crippen LogP contribution in [0.3, 0.4) is 0 Å². The van der Waals surface area contributed by atoms with Crippen LogP contribution in [0.25, 0.3) is 5.57 Å². The van der Waals surface area contributed by atoms with Gasteiger partial charge in [0.05, 0.1) is 0 Å². The van der Waals surface area contributed by atoms with E-state index in [-0.39, 0.29) is 5.91 Å². The zero-order valence-corrected chi connectivity index (χ0v) is 18.7. The lowest BCUT2D eigenvalue weighted by Crippen LogP contribution is -2.36. The van der Waals surface area contributed by atoms with Gasteiger partial charge in [-0.3, -0.25) is 9.78 Å². The predicted molar refractivity (Wildman–Crippen MR) is 128 cm³/mol. The van der Waals surface area contributed by atoms with E-state index < -0.39 is 0 Å². The Balaban J connectivity index is 1.69. The summed E-state index contributed by atoms with van der Waals surface area (Å²) in [6.07, 6.45) is 13.1. The monoisotopic (exact) mass is 430 g/mol. The molecule has 0 spiro atoms. The molecule has 158 valence electrons. The second-order valence-electron chi connectivity index (χ2n) is 8.05. The molecule has 1 aliphatic heterocycles. The molecule has 2 aliphatic rings. The molecule has 31 heavy (non-hydrogen) atoms. The number of rotatable bonds is 3. The molecule has 0 saturated carbocycles. The molecule has 0 N–H and O–H groups in total. The van der Waals surface area contributed by atoms with Crippen LogP contribution in [-0.4, -0.2) is 28.9 Å². The fourth-order valence-electron chi connectivity index (χ4n) is 4.59. The summed E-state index contributed by atoms with van der Waals surface area (Å²) in [5.41, 5.74) is 8.70. The quantitative estimate of drug-likeness (QED) is 0.525. The number of fused-ring (bicyclic) bond motifs is 1. The van der Waals surface area contributed by atoms with E-state index in [2.05, 4.69) is 36.7 Å². The number of aryl methyl sites for hydroxylation is 1. The van der Waals surface area contributed by atoms with Gasteiger partial charge in [-0.2, -0.15) is 0 Å². The number of hydrogen-bond acceptors (Lipinski definition) is 2. The highest BCUT2D eigenvalue weighted by atomic mass is 35.5. The van der Waals surface area contributed by atoms with Gasteiger partial charge in [0.2, 0.25) is 0 Å². The van der Waals surface area contributed by atoms with Gasteiger partial charge < -0.3 is 4.90 Å². The number of halogens is 1. The van der Waals surface area contributed by atoms with Crippen molar-refractivity contribution in [1.82, 2.24) is 9.88 Å². The van der Waals surface area contributed by atoms with Crippen LogP contribution in [0.4, 0.5) is 0 Å². The lowest BCUT2D eigenvalue weighted by atomic mass is 9.86. The number of carbonyl (C=O) groups excluding carboxylic acids is 1. The normalized spacial score (nSPS) is 17.0. The highest BCUT2D eigenvalue weighted by Crippen LogP contribution is 2.40. The van der Waals surface area contributed by atoms with E-state index in [1.807, 2.05) is 23.1 Å². The zero-order chi connectivity index (χ0) is 21.8.